The minimum absolute atomic E-state index is 0.0732. The second-order valence-electron chi connectivity index (χ2n) is 4.09. The van der Waals surface area contributed by atoms with E-state index < -0.39 is 17.7 Å². The lowest BCUT2D eigenvalue weighted by Crippen LogP contribution is -2.16. The van der Waals surface area contributed by atoms with Crippen LogP contribution in [0, 0.1) is 10.1 Å². The first kappa shape index (κ1) is 15.0. The standard InChI is InChI=1S/C12H9F3N2O4/c13-12(14,15)7-20-6-10-5-11(16-21-10)8-1-3-9(4-2-8)17(18)19/h1-5H,6-7H2. The number of benzene rings is 1. The van der Waals surface area contributed by atoms with Crippen molar-refractivity contribution in [1.29, 1.82) is 0 Å². The highest BCUT2D eigenvalue weighted by Gasteiger charge is 2.27. The van der Waals surface area contributed by atoms with Crippen molar-refractivity contribution in [2.75, 3.05) is 6.61 Å². The fraction of sp³-hybridized carbons (Fsp3) is 0.250. The van der Waals surface area contributed by atoms with Crippen LogP contribution in [0.4, 0.5) is 18.9 Å². The Morgan fingerprint density at radius 1 is 1.29 bits per heavy atom. The predicted octanol–water partition coefficient (Wildman–Crippen LogP) is 3.33. The van der Waals surface area contributed by atoms with Crippen LogP contribution < -0.4 is 0 Å². The average Bonchev–Trinajstić information content (AvgIpc) is 2.86. The average molecular weight is 302 g/mol. The van der Waals surface area contributed by atoms with Gasteiger partial charge in [-0.1, -0.05) is 5.16 Å². The zero-order chi connectivity index (χ0) is 15.5. The summed E-state index contributed by atoms with van der Waals surface area (Å²) in [6.07, 6.45) is -4.40. The summed E-state index contributed by atoms with van der Waals surface area (Å²) >= 11 is 0. The molecular formula is C12H9F3N2O4. The van der Waals surface area contributed by atoms with Crippen LogP contribution >= 0.6 is 0 Å². The maximum atomic E-state index is 11.9. The lowest BCUT2D eigenvalue weighted by molar-refractivity contribution is -0.384. The van der Waals surface area contributed by atoms with Crippen LogP contribution in [0.5, 0.6) is 0 Å². The molecule has 0 bridgehead atoms. The molecule has 0 aliphatic carbocycles. The summed E-state index contributed by atoms with van der Waals surface area (Å²) in [5.41, 5.74) is 0.831. The summed E-state index contributed by atoms with van der Waals surface area (Å²) in [6.45, 7) is -1.74. The molecule has 0 saturated heterocycles. The molecule has 0 radical (unpaired) electrons. The van der Waals surface area contributed by atoms with Gasteiger partial charge in [0, 0.05) is 23.8 Å². The van der Waals surface area contributed by atoms with Gasteiger partial charge >= 0.3 is 6.18 Å². The number of nitro benzene ring substituents is 1. The second-order valence-corrected chi connectivity index (χ2v) is 4.09. The van der Waals surface area contributed by atoms with Gasteiger partial charge in [0.25, 0.3) is 5.69 Å². The summed E-state index contributed by atoms with van der Waals surface area (Å²) < 4.78 is 45.0. The molecule has 1 heterocycles. The van der Waals surface area contributed by atoms with Gasteiger partial charge in [0.2, 0.25) is 0 Å². The molecular weight excluding hydrogens is 293 g/mol. The second kappa shape index (κ2) is 5.92. The zero-order valence-corrected chi connectivity index (χ0v) is 10.5. The first-order chi connectivity index (χ1) is 9.85. The molecule has 0 aliphatic heterocycles. The summed E-state index contributed by atoms with van der Waals surface area (Å²) in [5.74, 6) is 0.132. The number of non-ortho nitro benzene ring substituents is 1. The third kappa shape index (κ3) is 4.28. The van der Waals surface area contributed by atoms with E-state index >= 15 is 0 Å². The lowest BCUT2D eigenvalue weighted by Gasteiger charge is -2.04. The van der Waals surface area contributed by atoms with Crippen molar-refractivity contribution < 1.29 is 27.4 Å². The predicted molar refractivity (Wildman–Crippen MR) is 64.3 cm³/mol. The molecule has 0 aliphatic rings. The van der Waals surface area contributed by atoms with Gasteiger partial charge in [0.05, 0.1) is 4.92 Å². The van der Waals surface area contributed by atoms with Crippen molar-refractivity contribution in [3.05, 3.63) is 46.2 Å². The fourth-order valence-corrected chi connectivity index (χ4v) is 1.54. The van der Waals surface area contributed by atoms with Crippen LogP contribution in [0.3, 0.4) is 0 Å². The van der Waals surface area contributed by atoms with E-state index in [1.54, 1.807) is 0 Å². The number of nitrogens with zero attached hydrogens (tertiary/aromatic N) is 2. The zero-order valence-electron chi connectivity index (χ0n) is 10.5. The van der Waals surface area contributed by atoms with Crippen molar-refractivity contribution in [2.24, 2.45) is 0 Å². The molecule has 0 unspecified atom stereocenters. The number of halogens is 3. The highest BCUT2D eigenvalue weighted by Crippen LogP contribution is 2.23. The van der Waals surface area contributed by atoms with Gasteiger partial charge in [-0.05, 0) is 12.1 Å². The van der Waals surface area contributed by atoms with Crippen molar-refractivity contribution in [2.45, 2.75) is 12.8 Å². The van der Waals surface area contributed by atoms with E-state index in [0.717, 1.165) is 0 Å². The van der Waals surface area contributed by atoms with E-state index in [2.05, 4.69) is 9.89 Å². The van der Waals surface area contributed by atoms with E-state index in [9.17, 15) is 23.3 Å². The third-order valence-electron chi connectivity index (χ3n) is 2.44. The van der Waals surface area contributed by atoms with Crippen molar-refractivity contribution >= 4 is 5.69 Å². The normalized spacial score (nSPS) is 11.6. The van der Waals surface area contributed by atoms with Crippen LogP contribution in [0.1, 0.15) is 5.76 Å². The number of hydrogen-bond donors (Lipinski definition) is 0. The summed E-state index contributed by atoms with van der Waals surface area (Å²) in [7, 11) is 0. The van der Waals surface area contributed by atoms with E-state index in [-0.39, 0.29) is 18.1 Å². The smallest absolute Gasteiger partial charge is 0.364 e. The van der Waals surface area contributed by atoms with Crippen molar-refractivity contribution in [1.82, 2.24) is 5.16 Å². The monoisotopic (exact) mass is 302 g/mol. The molecule has 0 saturated carbocycles. The van der Waals surface area contributed by atoms with Gasteiger partial charge in [0.15, 0.2) is 5.76 Å². The first-order valence-corrected chi connectivity index (χ1v) is 5.70. The molecule has 0 atom stereocenters. The highest BCUT2D eigenvalue weighted by molar-refractivity contribution is 5.60. The molecule has 2 aromatic rings. The topological polar surface area (TPSA) is 78.4 Å². The number of nitro groups is 1. The summed E-state index contributed by atoms with van der Waals surface area (Å²) in [6, 6.07) is 6.94. The Balaban J connectivity index is 2.00. The van der Waals surface area contributed by atoms with Crippen molar-refractivity contribution in [3.8, 4) is 11.3 Å². The minimum Gasteiger partial charge on any atom is -0.364 e. The molecule has 1 aromatic carbocycles. The first-order valence-electron chi connectivity index (χ1n) is 5.70. The molecule has 21 heavy (non-hydrogen) atoms. The lowest BCUT2D eigenvalue weighted by atomic mass is 10.1. The summed E-state index contributed by atoms with van der Waals surface area (Å²) in [5, 5.41) is 14.2. The van der Waals surface area contributed by atoms with E-state index in [4.69, 9.17) is 4.52 Å². The molecule has 1 aromatic heterocycles. The van der Waals surface area contributed by atoms with Crippen LogP contribution in [-0.2, 0) is 11.3 Å². The summed E-state index contributed by atoms with van der Waals surface area (Å²) in [4.78, 5) is 9.98. The molecule has 2 rings (SSSR count). The highest BCUT2D eigenvalue weighted by atomic mass is 19.4. The van der Waals surface area contributed by atoms with Crippen molar-refractivity contribution in [3.63, 3.8) is 0 Å². The Morgan fingerprint density at radius 3 is 2.52 bits per heavy atom. The third-order valence-corrected chi connectivity index (χ3v) is 2.44. The van der Waals surface area contributed by atoms with E-state index in [0.29, 0.717) is 11.3 Å². The number of alkyl halides is 3. The molecule has 6 nitrogen and oxygen atoms in total. The molecule has 0 amide bonds. The van der Waals surface area contributed by atoms with Crippen LogP contribution in [-0.4, -0.2) is 22.9 Å². The molecule has 0 N–H and O–H groups in total. The molecule has 112 valence electrons. The van der Waals surface area contributed by atoms with E-state index in [1.165, 1.54) is 30.3 Å². The molecule has 9 heteroatoms. The quantitative estimate of drug-likeness (QED) is 0.625. The van der Waals surface area contributed by atoms with Gasteiger partial charge in [0.1, 0.15) is 18.9 Å². The molecule has 0 fully saturated rings. The van der Waals surface area contributed by atoms with Gasteiger partial charge in [-0.3, -0.25) is 10.1 Å². The largest absolute Gasteiger partial charge is 0.411 e. The Kier molecular flexibility index (Phi) is 4.22. The number of aromatic nitrogens is 1. The fourth-order valence-electron chi connectivity index (χ4n) is 1.54. The van der Waals surface area contributed by atoms with Gasteiger partial charge < -0.3 is 9.26 Å². The Hall–Kier alpha value is -2.42. The Morgan fingerprint density at radius 2 is 1.95 bits per heavy atom. The maximum absolute atomic E-state index is 11.9. The SMILES string of the molecule is O=[N+]([O-])c1ccc(-c2cc(COCC(F)(F)F)on2)cc1. The Labute approximate surface area is 116 Å². The minimum atomic E-state index is -4.40. The van der Waals surface area contributed by atoms with E-state index in [1.807, 2.05) is 0 Å². The number of ether oxygens (including phenoxy) is 1. The molecule has 0 spiro atoms. The van der Waals surface area contributed by atoms with Gasteiger partial charge in [-0.25, -0.2) is 0 Å². The maximum Gasteiger partial charge on any atom is 0.411 e. The number of rotatable bonds is 5. The van der Waals surface area contributed by atoms with Crippen LogP contribution in [0.25, 0.3) is 11.3 Å². The van der Waals surface area contributed by atoms with Crippen LogP contribution in [0.15, 0.2) is 34.9 Å². The Bertz CT molecular complexity index is 622. The van der Waals surface area contributed by atoms with Gasteiger partial charge in [-0.2, -0.15) is 13.2 Å². The van der Waals surface area contributed by atoms with Gasteiger partial charge in [-0.15, -0.1) is 0 Å². The number of hydrogen-bond acceptors (Lipinski definition) is 5. The van der Waals surface area contributed by atoms with Crippen LogP contribution in [0.2, 0.25) is 0 Å².